The maximum atomic E-state index is 8.09. The van der Waals surface area contributed by atoms with E-state index < -0.39 is 0 Å². The van der Waals surface area contributed by atoms with E-state index in [1.165, 1.54) is 19.3 Å². The average molecular weight is 223 g/mol. The highest BCUT2D eigenvalue weighted by molar-refractivity contribution is 6.31. The highest BCUT2D eigenvalue weighted by atomic mass is 35.5. The number of nitrogens with zero attached hydrogens (tertiary/aromatic N) is 1. The van der Waals surface area contributed by atoms with Crippen LogP contribution >= 0.6 is 11.6 Å². The van der Waals surface area contributed by atoms with Gasteiger partial charge < -0.3 is 4.90 Å². The minimum absolute atomic E-state index is 0.609. The van der Waals surface area contributed by atoms with Crippen molar-refractivity contribution in [3.63, 3.8) is 0 Å². The molecule has 15 heavy (non-hydrogen) atoms. The van der Waals surface area contributed by atoms with E-state index in [9.17, 15) is 0 Å². The first-order valence-corrected chi connectivity index (χ1v) is 5.74. The molecule has 3 heteroatoms. The quantitative estimate of drug-likeness (QED) is 0.574. The van der Waals surface area contributed by atoms with Gasteiger partial charge in [0.05, 0.1) is 0 Å². The second-order valence-electron chi connectivity index (χ2n) is 3.91. The van der Waals surface area contributed by atoms with E-state index in [1.807, 2.05) is 24.3 Å². The summed E-state index contributed by atoms with van der Waals surface area (Å²) in [7, 11) is 0. The Morgan fingerprint density at radius 1 is 1.20 bits per heavy atom. The first-order chi connectivity index (χ1) is 7.27. The van der Waals surface area contributed by atoms with Crippen LogP contribution in [-0.2, 0) is 0 Å². The summed E-state index contributed by atoms with van der Waals surface area (Å²) in [6.45, 7) is 2.01. The molecule has 0 aliphatic carbocycles. The maximum absolute atomic E-state index is 8.09. The second kappa shape index (κ2) is 4.67. The third kappa shape index (κ3) is 2.51. The minimum Gasteiger partial charge on any atom is -0.357 e. The van der Waals surface area contributed by atoms with Crippen molar-refractivity contribution in [2.24, 2.45) is 0 Å². The summed E-state index contributed by atoms with van der Waals surface area (Å²) in [5.41, 5.74) is 0.921. The summed E-state index contributed by atoms with van der Waals surface area (Å²) in [5, 5.41) is 8.79. The molecule has 1 aromatic carbocycles. The molecule has 1 saturated heterocycles. The van der Waals surface area contributed by atoms with Crippen molar-refractivity contribution >= 4 is 17.4 Å². The van der Waals surface area contributed by atoms with Crippen LogP contribution in [0.25, 0.3) is 0 Å². The largest absolute Gasteiger partial charge is 0.357 e. The van der Waals surface area contributed by atoms with Gasteiger partial charge in [0.25, 0.3) is 0 Å². The molecule has 0 amide bonds. The molecule has 1 fully saturated rings. The molecule has 80 valence electrons. The lowest BCUT2D eigenvalue weighted by molar-refractivity contribution is 0.341. The van der Waals surface area contributed by atoms with Crippen LogP contribution in [0.2, 0.25) is 5.02 Å². The van der Waals surface area contributed by atoms with Crippen LogP contribution in [0.15, 0.2) is 24.3 Å². The average Bonchev–Trinajstić information content (AvgIpc) is 2.29. The zero-order valence-electron chi connectivity index (χ0n) is 8.67. The Morgan fingerprint density at radius 2 is 1.93 bits per heavy atom. The Bertz CT molecular complexity index is 356. The van der Waals surface area contributed by atoms with Crippen molar-refractivity contribution in [2.75, 3.05) is 13.1 Å². The fourth-order valence-electron chi connectivity index (χ4n) is 1.94. The highest BCUT2D eigenvalue weighted by Gasteiger charge is 2.14. The van der Waals surface area contributed by atoms with Crippen molar-refractivity contribution in [1.29, 1.82) is 5.41 Å². The van der Waals surface area contributed by atoms with Crippen molar-refractivity contribution in [1.82, 2.24) is 4.90 Å². The summed E-state index contributed by atoms with van der Waals surface area (Å²) in [5.74, 6) is 0.609. The molecular weight excluding hydrogens is 208 g/mol. The van der Waals surface area contributed by atoms with E-state index >= 15 is 0 Å². The van der Waals surface area contributed by atoms with Gasteiger partial charge in [0.2, 0.25) is 0 Å². The molecule has 1 N–H and O–H groups in total. The normalized spacial score (nSPS) is 16.5. The second-order valence-corrected chi connectivity index (χ2v) is 4.34. The molecule has 1 heterocycles. The van der Waals surface area contributed by atoms with Gasteiger partial charge in [0.1, 0.15) is 5.84 Å². The predicted octanol–water partition coefficient (Wildman–Crippen LogP) is 3.15. The smallest absolute Gasteiger partial charge is 0.128 e. The predicted molar refractivity (Wildman–Crippen MR) is 63.7 cm³/mol. The van der Waals surface area contributed by atoms with Crippen LogP contribution in [0.5, 0.6) is 0 Å². The summed E-state index contributed by atoms with van der Waals surface area (Å²) in [6, 6.07) is 7.55. The number of piperidine rings is 1. The van der Waals surface area contributed by atoms with Crippen molar-refractivity contribution in [3.8, 4) is 0 Å². The van der Waals surface area contributed by atoms with Crippen LogP contribution in [0.4, 0.5) is 0 Å². The van der Waals surface area contributed by atoms with Gasteiger partial charge in [-0.25, -0.2) is 0 Å². The molecule has 0 saturated carbocycles. The van der Waals surface area contributed by atoms with E-state index in [0.29, 0.717) is 10.9 Å². The van der Waals surface area contributed by atoms with Crippen LogP contribution in [-0.4, -0.2) is 23.8 Å². The molecule has 2 nitrogen and oxygen atoms in total. The molecule has 0 aromatic heterocycles. The third-order valence-electron chi connectivity index (χ3n) is 2.77. The van der Waals surface area contributed by atoms with Crippen LogP contribution in [0.1, 0.15) is 24.8 Å². The number of amidine groups is 1. The van der Waals surface area contributed by atoms with Crippen molar-refractivity contribution in [2.45, 2.75) is 19.3 Å². The Balaban J connectivity index is 2.12. The molecule has 1 aliphatic heterocycles. The molecule has 0 spiro atoms. The number of halogens is 1. The van der Waals surface area contributed by atoms with E-state index in [0.717, 1.165) is 18.7 Å². The summed E-state index contributed by atoms with van der Waals surface area (Å²) in [4.78, 5) is 2.13. The number of hydrogen-bond acceptors (Lipinski definition) is 1. The Labute approximate surface area is 95.4 Å². The number of likely N-dealkylation sites (tertiary alicyclic amines) is 1. The number of benzene rings is 1. The van der Waals surface area contributed by atoms with E-state index in [2.05, 4.69) is 4.90 Å². The topological polar surface area (TPSA) is 27.1 Å². The van der Waals surface area contributed by atoms with Gasteiger partial charge in [-0.15, -0.1) is 0 Å². The molecule has 2 rings (SSSR count). The van der Waals surface area contributed by atoms with Gasteiger partial charge in [-0.1, -0.05) is 23.7 Å². The van der Waals surface area contributed by atoms with Gasteiger partial charge in [0.15, 0.2) is 0 Å². The molecule has 0 bridgehead atoms. The first-order valence-electron chi connectivity index (χ1n) is 5.37. The molecule has 0 radical (unpaired) electrons. The fraction of sp³-hybridized carbons (Fsp3) is 0.417. The maximum Gasteiger partial charge on any atom is 0.128 e. The van der Waals surface area contributed by atoms with Crippen LogP contribution in [0.3, 0.4) is 0 Å². The third-order valence-corrected chi connectivity index (χ3v) is 3.01. The minimum atomic E-state index is 0.609. The Kier molecular flexibility index (Phi) is 3.27. The summed E-state index contributed by atoms with van der Waals surface area (Å²) < 4.78 is 0. The molecule has 0 unspecified atom stereocenters. The first kappa shape index (κ1) is 10.5. The van der Waals surface area contributed by atoms with Crippen molar-refractivity contribution in [3.05, 3.63) is 34.9 Å². The lowest BCUT2D eigenvalue weighted by Gasteiger charge is -2.29. The van der Waals surface area contributed by atoms with Crippen molar-refractivity contribution < 1.29 is 0 Å². The van der Waals surface area contributed by atoms with Gasteiger partial charge in [-0.05, 0) is 31.4 Å². The summed E-state index contributed by atoms with van der Waals surface area (Å²) in [6.07, 6.45) is 3.69. The van der Waals surface area contributed by atoms with E-state index in [-0.39, 0.29) is 0 Å². The van der Waals surface area contributed by atoms with Gasteiger partial charge in [0, 0.05) is 23.7 Å². The summed E-state index contributed by atoms with van der Waals surface area (Å²) >= 11 is 5.91. The number of rotatable bonds is 1. The monoisotopic (exact) mass is 222 g/mol. The standard InChI is InChI=1S/C12H15ClN2/c13-11-6-4-5-10(9-11)12(14)15-7-2-1-3-8-15/h4-6,9,14H,1-3,7-8H2. The Hall–Kier alpha value is -1.02. The molecule has 0 atom stereocenters. The van der Waals surface area contributed by atoms with Gasteiger partial charge in [-0.2, -0.15) is 0 Å². The number of nitrogens with one attached hydrogen (secondary N) is 1. The SMILES string of the molecule is N=C(c1cccc(Cl)c1)N1CCCCC1. The van der Waals surface area contributed by atoms with E-state index in [4.69, 9.17) is 17.0 Å². The van der Waals surface area contributed by atoms with Crippen LogP contribution < -0.4 is 0 Å². The molecular formula is C12H15ClN2. The highest BCUT2D eigenvalue weighted by Crippen LogP contribution is 2.16. The number of hydrogen-bond donors (Lipinski definition) is 1. The zero-order valence-corrected chi connectivity index (χ0v) is 9.43. The zero-order chi connectivity index (χ0) is 10.7. The van der Waals surface area contributed by atoms with Crippen LogP contribution in [0, 0.1) is 5.41 Å². The molecule has 1 aliphatic rings. The lowest BCUT2D eigenvalue weighted by atomic mass is 10.1. The van der Waals surface area contributed by atoms with E-state index in [1.54, 1.807) is 0 Å². The lowest BCUT2D eigenvalue weighted by Crippen LogP contribution is -2.35. The fourth-order valence-corrected chi connectivity index (χ4v) is 2.13. The molecule has 1 aromatic rings. The Morgan fingerprint density at radius 3 is 2.60 bits per heavy atom. The van der Waals surface area contributed by atoms with Gasteiger partial charge in [-0.3, -0.25) is 5.41 Å². The van der Waals surface area contributed by atoms with Gasteiger partial charge >= 0.3 is 0 Å².